The summed E-state index contributed by atoms with van der Waals surface area (Å²) in [7, 11) is 0. The molecule has 110 valence electrons. The largest absolute Gasteiger partial charge is 0.479 e. The summed E-state index contributed by atoms with van der Waals surface area (Å²) in [4.78, 5) is 24.2. The molecule has 0 spiro atoms. The van der Waals surface area contributed by atoms with Crippen LogP contribution in [0.2, 0.25) is 0 Å². The number of nitrogens with zero attached hydrogens (tertiary/aromatic N) is 1. The first-order valence-corrected chi connectivity index (χ1v) is 6.66. The minimum Gasteiger partial charge on any atom is -0.479 e. The van der Waals surface area contributed by atoms with Crippen molar-refractivity contribution in [1.82, 2.24) is 15.5 Å². The lowest BCUT2D eigenvalue weighted by Gasteiger charge is -2.21. The Balaban J connectivity index is 2.10. The number of nitrogens with one attached hydrogen (secondary N) is 2. The second-order valence-electron chi connectivity index (χ2n) is 4.95. The van der Waals surface area contributed by atoms with Crippen LogP contribution in [0.25, 0.3) is 0 Å². The van der Waals surface area contributed by atoms with Gasteiger partial charge in [0.05, 0.1) is 0 Å². The van der Waals surface area contributed by atoms with Crippen LogP contribution in [0, 0.1) is 0 Å². The molecule has 4 N–H and O–H groups in total. The normalized spacial score (nSPS) is 18.8. The van der Waals surface area contributed by atoms with Crippen LogP contribution in [0.5, 0.6) is 0 Å². The van der Waals surface area contributed by atoms with E-state index in [4.69, 9.17) is 10.2 Å². The van der Waals surface area contributed by atoms with Crippen LogP contribution in [0.3, 0.4) is 0 Å². The van der Waals surface area contributed by atoms with E-state index in [9.17, 15) is 9.59 Å². The molecule has 1 aliphatic rings. The molecule has 1 heterocycles. The molecule has 0 aliphatic carbocycles. The molecule has 19 heavy (non-hydrogen) atoms. The highest BCUT2D eigenvalue weighted by Gasteiger charge is 2.16. The number of carbonyl (C=O) groups excluding carboxylic acids is 1. The summed E-state index contributed by atoms with van der Waals surface area (Å²) in [6, 6.07) is -0.285. The monoisotopic (exact) mass is 273 g/mol. The van der Waals surface area contributed by atoms with Gasteiger partial charge < -0.3 is 25.7 Å². The molecule has 7 nitrogen and oxygen atoms in total. The quantitative estimate of drug-likeness (QED) is 0.506. The van der Waals surface area contributed by atoms with Crippen LogP contribution in [0.15, 0.2) is 0 Å². The molecule has 0 bridgehead atoms. The molecular weight excluding hydrogens is 250 g/mol. The molecule has 2 atom stereocenters. The molecule has 1 fully saturated rings. The fraction of sp³-hybridized carbons (Fsp3) is 0.833. The van der Waals surface area contributed by atoms with E-state index in [0.717, 1.165) is 19.6 Å². The van der Waals surface area contributed by atoms with E-state index in [2.05, 4.69) is 15.5 Å². The van der Waals surface area contributed by atoms with Gasteiger partial charge in [-0.1, -0.05) is 0 Å². The molecular formula is C12H23N3O4. The number of carbonyl (C=O) groups is 2. The number of hydrogen-bond acceptors (Lipinski definition) is 4. The number of carboxylic acid groups (broad SMARTS) is 1. The Hall–Kier alpha value is -1.34. The van der Waals surface area contributed by atoms with E-state index in [-0.39, 0.29) is 25.0 Å². The van der Waals surface area contributed by atoms with Gasteiger partial charge in [0.2, 0.25) is 0 Å². The number of aliphatic hydroxyl groups excluding tert-OH is 1. The molecule has 2 unspecified atom stereocenters. The standard InChI is InChI=1S/C12H23N3O4/c1-9(8-15-6-2-3-7-15)14-12(19)13-5-4-10(16)11(17)18/h9-10,16H,2-8H2,1H3,(H,17,18)(H2,13,14,19). The SMILES string of the molecule is CC(CN1CCCC1)NC(=O)NCCC(O)C(=O)O. The molecule has 1 aliphatic heterocycles. The Morgan fingerprint density at radius 3 is 2.53 bits per heavy atom. The lowest BCUT2D eigenvalue weighted by Crippen LogP contribution is -2.46. The summed E-state index contributed by atoms with van der Waals surface area (Å²) in [6.45, 7) is 5.06. The van der Waals surface area contributed by atoms with E-state index in [1.54, 1.807) is 0 Å². The average molecular weight is 273 g/mol. The predicted octanol–water partition coefficient (Wildman–Crippen LogP) is -0.394. The Morgan fingerprint density at radius 1 is 1.32 bits per heavy atom. The summed E-state index contributed by atoms with van der Waals surface area (Å²) in [5.41, 5.74) is 0. The molecule has 1 saturated heterocycles. The van der Waals surface area contributed by atoms with Gasteiger partial charge in [-0.25, -0.2) is 9.59 Å². The predicted molar refractivity (Wildman–Crippen MR) is 69.9 cm³/mol. The Kier molecular flexibility index (Phi) is 6.58. The second kappa shape index (κ2) is 7.96. The number of carboxylic acids is 1. The summed E-state index contributed by atoms with van der Waals surface area (Å²) < 4.78 is 0. The molecule has 0 radical (unpaired) electrons. The van der Waals surface area contributed by atoms with Gasteiger partial charge in [0, 0.05) is 25.6 Å². The lowest BCUT2D eigenvalue weighted by atomic mass is 10.2. The number of likely N-dealkylation sites (tertiary alicyclic amines) is 1. The van der Waals surface area contributed by atoms with Crippen LogP contribution in [0.1, 0.15) is 26.2 Å². The summed E-state index contributed by atoms with van der Waals surface area (Å²) in [5.74, 6) is -1.27. The van der Waals surface area contributed by atoms with Gasteiger partial charge in [-0.3, -0.25) is 0 Å². The fourth-order valence-electron chi connectivity index (χ4n) is 2.12. The van der Waals surface area contributed by atoms with E-state index >= 15 is 0 Å². The van der Waals surface area contributed by atoms with Crippen LogP contribution in [-0.2, 0) is 4.79 Å². The highest BCUT2D eigenvalue weighted by atomic mass is 16.4. The van der Waals surface area contributed by atoms with Gasteiger partial charge in [0.1, 0.15) is 0 Å². The van der Waals surface area contributed by atoms with Crippen molar-refractivity contribution in [2.45, 2.75) is 38.3 Å². The van der Waals surface area contributed by atoms with Crippen molar-refractivity contribution in [1.29, 1.82) is 0 Å². The van der Waals surface area contributed by atoms with E-state index in [1.807, 2.05) is 6.92 Å². The van der Waals surface area contributed by atoms with E-state index in [1.165, 1.54) is 12.8 Å². The third-order valence-electron chi connectivity index (χ3n) is 3.10. The van der Waals surface area contributed by atoms with Gasteiger partial charge in [-0.2, -0.15) is 0 Å². The van der Waals surface area contributed by atoms with Crippen molar-refractivity contribution in [2.75, 3.05) is 26.2 Å². The zero-order valence-electron chi connectivity index (χ0n) is 11.3. The molecule has 0 saturated carbocycles. The van der Waals surface area contributed by atoms with Gasteiger partial charge in [-0.15, -0.1) is 0 Å². The van der Waals surface area contributed by atoms with Crippen LogP contribution in [0.4, 0.5) is 4.79 Å². The Morgan fingerprint density at radius 2 is 1.95 bits per heavy atom. The summed E-state index contributed by atoms with van der Waals surface area (Å²) in [5, 5.41) is 22.8. The van der Waals surface area contributed by atoms with Crippen molar-refractivity contribution in [3.8, 4) is 0 Å². The minimum atomic E-state index is -1.43. The van der Waals surface area contributed by atoms with Crippen LogP contribution >= 0.6 is 0 Å². The highest BCUT2D eigenvalue weighted by molar-refractivity contribution is 5.74. The maximum atomic E-state index is 11.5. The van der Waals surface area contributed by atoms with Crippen molar-refractivity contribution >= 4 is 12.0 Å². The van der Waals surface area contributed by atoms with Gasteiger partial charge in [0.25, 0.3) is 0 Å². The van der Waals surface area contributed by atoms with Gasteiger partial charge in [0.15, 0.2) is 6.10 Å². The fourth-order valence-corrected chi connectivity index (χ4v) is 2.12. The summed E-state index contributed by atoms with van der Waals surface area (Å²) in [6.07, 6.45) is 1.00. The molecule has 0 aromatic carbocycles. The molecule has 0 aromatic rings. The topological polar surface area (TPSA) is 102 Å². The zero-order valence-corrected chi connectivity index (χ0v) is 11.3. The first-order chi connectivity index (χ1) is 8.99. The number of hydrogen-bond donors (Lipinski definition) is 4. The third kappa shape index (κ3) is 6.40. The summed E-state index contributed by atoms with van der Waals surface area (Å²) >= 11 is 0. The molecule has 7 heteroatoms. The number of aliphatic hydroxyl groups is 1. The first kappa shape index (κ1) is 15.7. The number of rotatable bonds is 7. The lowest BCUT2D eigenvalue weighted by molar-refractivity contribution is -0.146. The second-order valence-corrected chi connectivity index (χ2v) is 4.95. The van der Waals surface area contributed by atoms with Crippen molar-refractivity contribution in [3.63, 3.8) is 0 Å². The maximum absolute atomic E-state index is 11.5. The third-order valence-corrected chi connectivity index (χ3v) is 3.10. The smallest absolute Gasteiger partial charge is 0.332 e. The molecule has 2 amide bonds. The Labute approximate surface area is 113 Å². The van der Waals surface area contributed by atoms with Crippen molar-refractivity contribution in [3.05, 3.63) is 0 Å². The average Bonchev–Trinajstić information content (AvgIpc) is 2.81. The molecule has 1 rings (SSSR count). The van der Waals surface area contributed by atoms with E-state index < -0.39 is 12.1 Å². The number of aliphatic carboxylic acids is 1. The Bertz CT molecular complexity index is 305. The van der Waals surface area contributed by atoms with Crippen molar-refractivity contribution in [2.24, 2.45) is 0 Å². The van der Waals surface area contributed by atoms with Gasteiger partial charge in [-0.05, 0) is 32.9 Å². The van der Waals surface area contributed by atoms with Crippen LogP contribution in [-0.4, -0.2) is 65.4 Å². The number of amides is 2. The number of urea groups is 1. The maximum Gasteiger partial charge on any atom is 0.332 e. The van der Waals surface area contributed by atoms with Crippen LogP contribution < -0.4 is 10.6 Å². The minimum absolute atomic E-state index is 0.00323. The van der Waals surface area contributed by atoms with E-state index in [0.29, 0.717) is 0 Å². The molecule has 0 aromatic heterocycles. The van der Waals surface area contributed by atoms with Crippen molar-refractivity contribution < 1.29 is 19.8 Å². The highest BCUT2D eigenvalue weighted by Crippen LogP contribution is 2.07. The first-order valence-electron chi connectivity index (χ1n) is 6.66. The zero-order chi connectivity index (χ0) is 14.3. The van der Waals surface area contributed by atoms with Gasteiger partial charge >= 0.3 is 12.0 Å².